The second-order valence-electron chi connectivity index (χ2n) is 7.04. The lowest BCUT2D eigenvalue weighted by atomic mass is 10.1. The Morgan fingerprint density at radius 2 is 1.83 bits per heavy atom. The number of aryl methyl sites for hydroxylation is 4. The van der Waals surface area contributed by atoms with E-state index >= 15 is 0 Å². The topological polar surface area (TPSA) is 89.2 Å². The SMILES string of the molecule is Cc1ccc(Cn2nc(C)c(/C=C/C(=O)NNC(=O)c3cc(C)oc3C)c2Cl)cc1. The summed E-state index contributed by atoms with van der Waals surface area (Å²) in [4.78, 5) is 24.2. The molecule has 2 aromatic heterocycles. The lowest BCUT2D eigenvalue weighted by Crippen LogP contribution is -2.40. The molecule has 0 atom stereocenters. The minimum absolute atomic E-state index is 0.369. The first-order chi connectivity index (χ1) is 14.2. The van der Waals surface area contributed by atoms with Crippen molar-refractivity contribution in [2.45, 2.75) is 34.2 Å². The van der Waals surface area contributed by atoms with Gasteiger partial charge in [-0.15, -0.1) is 0 Å². The summed E-state index contributed by atoms with van der Waals surface area (Å²) in [7, 11) is 0. The maximum absolute atomic E-state index is 12.1. The Morgan fingerprint density at radius 1 is 1.13 bits per heavy atom. The molecule has 0 radical (unpaired) electrons. The number of hydrogen-bond acceptors (Lipinski definition) is 4. The molecule has 0 unspecified atom stereocenters. The smallest absolute Gasteiger partial charge is 0.273 e. The van der Waals surface area contributed by atoms with Gasteiger partial charge >= 0.3 is 0 Å². The van der Waals surface area contributed by atoms with E-state index in [0.29, 0.717) is 40.0 Å². The molecule has 2 amide bonds. The summed E-state index contributed by atoms with van der Waals surface area (Å²) in [5, 5.41) is 4.89. The molecule has 0 saturated heterocycles. The van der Waals surface area contributed by atoms with Crippen molar-refractivity contribution in [1.29, 1.82) is 0 Å². The molecule has 156 valence electrons. The van der Waals surface area contributed by atoms with Crippen LogP contribution in [0.25, 0.3) is 6.08 Å². The maximum Gasteiger partial charge on any atom is 0.273 e. The zero-order valence-corrected chi connectivity index (χ0v) is 18.0. The molecule has 0 aliphatic rings. The number of hydrogen-bond donors (Lipinski definition) is 2. The number of amides is 2. The van der Waals surface area contributed by atoms with Crippen molar-refractivity contribution < 1.29 is 14.0 Å². The lowest BCUT2D eigenvalue weighted by Gasteiger charge is -2.04. The average molecular weight is 427 g/mol. The van der Waals surface area contributed by atoms with Crippen LogP contribution in [0.1, 0.15) is 44.3 Å². The van der Waals surface area contributed by atoms with Crippen LogP contribution in [0.15, 0.2) is 40.8 Å². The van der Waals surface area contributed by atoms with Gasteiger partial charge in [0.05, 0.1) is 17.8 Å². The minimum Gasteiger partial charge on any atom is -0.466 e. The zero-order chi connectivity index (χ0) is 21.8. The number of carbonyl (C=O) groups is 2. The number of nitrogens with zero attached hydrogens (tertiary/aromatic N) is 2. The van der Waals surface area contributed by atoms with E-state index in [2.05, 4.69) is 16.0 Å². The van der Waals surface area contributed by atoms with Crippen LogP contribution in [0.4, 0.5) is 0 Å². The minimum atomic E-state index is -0.497. The zero-order valence-electron chi connectivity index (χ0n) is 17.2. The fraction of sp³-hybridized carbons (Fsp3) is 0.227. The van der Waals surface area contributed by atoms with E-state index in [1.807, 2.05) is 38.1 Å². The first-order valence-electron chi connectivity index (χ1n) is 9.38. The van der Waals surface area contributed by atoms with Crippen LogP contribution in [-0.2, 0) is 11.3 Å². The van der Waals surface area contributed by atoms with E-state index in [1.54, 1.807) is 30.7 Å². The van der Waals surface area contributed by atoms with Crippen molar-refractivity contribution in [2.75, 3.05) is 0 Å². The number of rotatable bonds is 5. The van der Waals surface area contributed by atoms with Crippen molar-refractivity contribution in [3.05, 3.63) is 81.0 Å². The van der Waals surface area contributed by atoms with Crippen LogP contribution in [-0.4, -0.2) is 21.6 Å². The highest BCUT2D eigenvalue weighted by Gasteiger charge is 2.14. The van der Waals surface area contributed by atoms with Gasteiger partial charge in [0, 0.05) is 11.6 Å². The van der Waals surface area contributed by atoms with Crippen LogP contribution in [0.2, 0.25) is 5.15 Å². The number of aromatic nitrogens is 2. The first kappa shape index (κ1) is 21.4. The Kier molecular flexibility index (Phi) is 6.42. The summed E-state index contributed by atoms with van der Waals surface area (Å²) in [6.45, 7) is 7.81. The van der Waals surface area contributed by atoms with Gasteiger partial charge in [0.2, 0.25) is 0 Å². The molecule has 0 fully saturated rings. The van der Waals surface area contributed by atoms with Crippen LogP contribution in [0.3, 0.4) is 0 Å². The van der Waals surface area contributed by atoms with E-state index in [4.69, 9.17) is 16.0 Å². The number of benzene rings is 1. The standard InChI is InChI=1S/C22H23ClN4O3/c1-13-5-7-17(8-6-13)12-27-21(23)18(15(3)26-27)9-10-20(28)24-25-22(29)19-11-14(2)30-16(19)4/h5-11H,12H2,1-4H3,(H,24,28)(H,25,29)/b10-9+. The molecule has 0 saturated carbocycles. The monoisotopic (exact) mass is 426 g/mol. The van der Waals surface area contributed by atoms with Gasteiger partial charge in [-0.05, 0) is 45.4 Å². The van der Waals surface area contributed by atoms with Crippen molar-refractivity contribution in [1.82, 2.24) is 20.6 Å². The van der Waals surface area contributed by atoms with Gasteiger partial charge < -0.3 is 4.42 Å². The van der Waals surface area contributed by atoms with Crippen LogP contribution < -0.4 is 10.9 Å². The van der Waals surface area contributed by atoms with Crippen molar-refractivity contribution in [3.8, 4) is 0 Å². The number of halogens is 1. The van der Waals surface area contributed by atoms with Crippen LogP contribution in [0, 0.1) is 27.7 Å². The van der Waals surface area contributed by atoms with E-state index in [0.717, 1.165) is 5.56 Å². The first-order valence-corrected chi connectivity index (χ1v) is 9.76. The van der Waals surface area contributed by atoms with E-state index in [-0.39, 0.29) is 0 Å². The molecule has 1 aromatic carbocycles. The van der Waals surface area contributed by atoms with Crippen LogP contribution in [0.5, 0.6) is 0 Å². The predicted molar refractivity (Wildman–Crippen MR) is 115 cm³/mol. The third-order valence-corrected chi connectivity index (χ3v) is 4.95. The molecule has 3 aromatic rings. The number of hydrazine groups is 1. The third-order valence-electron chi connectivity index (χ3n) is 4.55. The molecule has 0 bridgehead atoms. The summed E-state index contributed by atoms with van der Waals surface area (Å²) in [5.41, 5.74) is 8.67. The second kappa shape index (κ2) is 9.00. The van der Waals surface area contributed by atoms with Gasteiger partial charge in [-0.2, -0.15) is 5.10 Å². The molecule has 0 aliphatic carbocycles. The van der Waals surface area contributed by atoms with Gasteiger partial charge in [-0.25, -0.2) is 4.68 Å². The number of carbonyl (C=O) groups excluding carboxylic acids is 2. The van der Waals surface area contributed by atoms with Gasteiger partial charge in [0.15, 0.2) is 0 Å². The summed E-state index contributed by atoms with van der Waals surface area (Å²) >= 11 is 6.46. The Labute approximate surface area is 179 Å². The molecule has 7 nitrogen and oxygen atoms in total. The molecule has 3 rings (SSSR count). The van der Waals surface area contributed by atoms with Crippen LogP contribution >= 0.6 is 11.6 Å². The lowest BCUT2D eigenvalue weighted by molar-refractivity contribution is -0.117. The Morgan fingerprint density at radius 3 is 2.47 bits per heavy atom. The van der Waals surface area contributed by atoms with Gasteiger partial charge in [-0.3, -0.25) is 20.4 Å². The quantitative estimate of drug-likeness (QED) is 0.478. The average Bonchev–Trinajstić information content (AvgIpc) is 3.17. The second-order valence-corrected chi connectivity index (χ2v) is 7.39. The largest absolute Gasteiger partial charge is 0.466 e. The summed E-state index contributed by atoms with van der Waals surface area (Å²) in [6.07, 6.45) is 2.87. The van der Waals surface area contributed by atoms with Crippen molar-refractivity contribution in [2.24, 2.45) is 0 Å². The molecular formula is C22H23ClN4O3. The molecule has 8 heteroatoms. The Balaban J connectivity index is 1.63. The number of nitrogens with one attached hydrogen (secondary N) is 2. The van der Waals surface area contributed by atoms with Crippen molar-refractivity contribution >= 4 is 29.5 Å². The van der Waals surface area contributed by atoms with Crippen molar-refractivity contribution in [3.63, 3.8) is 0 Å². The molecule has 2 heterocycles. The summed E-state index contributed by atoms with van der Waals surface area (Å²) < 4.78 is 7.00. The summed E-state index contributed by atoms with van der Waals surface area (Å²) in [5.74, 6) is 0.157. The van der Waals surface area contributed by atoms with E-state index in [1.165, 1.54) is 11.6 Å². The predicted octanol–water partition coefficient (Wildman–Crippen LogP) is 3.89. The third kappa shape index (κ3) is 4.99. The maximum atomic E-state index is 12.1. The number of furan rings is 1. The normalized spacial score (nSPS) is 11.1. The van der Waals surface area contributed by atoms with E-state index < -0.39 is 11.8 Å². The van der Waals surface area contributed by atoms with Gasteiger partial charge in [-0.1, -0.05) is 41.4 Å². The van der Waals surface area contributed by atoms with Gasteiger partial charge in [0.1, 0.15) is 16.7 Å². The highest BCUT2D eigenvalue weighted by atomic mass is 35.5. The van der Waals surface area contributed by atoms with E-state index in [9.17, 15) is 9.59 Å². The Hall–Kier alpha value is -3.32. The molecular weight excluding hydrogens is 404 g/mol. The molecule has 0 aliphatic heterocycles. The highest BCUT2D eigenvalue weighted by molar-refractivity contribution is 6.31. The Bertz CT molecular complexity index is 1110. The molecule has 30 heavy (non-hydrogen) atoms. The fourth-order valence-corrected chi connectivity index (χ4v) is 3.27. The van der Waals surface area contributed by atoms with Gasteiger partial charge in [0.25, 0.3) is 11.8 Å². The summed E-state index contributed by atoms with van der Waals surface area (Å²) in [6, 6.07) is 9.73. The fourth-order valence-electron chi connectivity index (χ4n) is 2.97. The molecule has 0 spiro atoms. The highest BCUT2D eigenvalue weighted by Crippen LogP contribution is 2.22. The molecule has 2 N–H and O–H groups in total.